The van der Waals surface area contributed by atoms with Gasteiger partial charge in [-0.05, 0) is 19.4 Å². The molecule has 2 N–H and O–H groups in total. The Balaban J connectivity index is 2.19. The number of hydrogen-bond donors (Lipinski definition) is 2. The van der Waals surface area contributed by atoms with Crippen LogP contribution in [-0.4, -0.2) is 54.4 Å². The highest BCUT2D eigenvalue weighted by Crippen LogP contribution is 2.39. The largest absolute Gasteiger partial charge is 0.534 e. The minimum absolute atomic E-state index is 0.0939. The first-order valence-electron chi connectivity index (χ1n) is 8.05. The minimum Gasteiger partial charge on any atom is -0.476 e. The van der Waals surface area contributed by atoms with Gasteiger partial charge in [0.25, 0.3) is 0 Å². The molecule has 0 aromatic heterocycles. The second kappa shape index (κ2) is 7.43. The average Bonchev–Trinajstić information content (AvgIpc) is 2.52. The first-order valence-corrected chi connectivity index (χ1v) is 9.45. The fourth-order valence-corrected chi connectivity index (χ4v) is 3.51. The SMILES string of the molecule is CCCCCN[C@@H]1C(=O)N2C(C(=O)O)=C(OS(=O)(=O)C(F)(F)F)CC[C@@H]12. The Hall–Kier alpha value is -1.82. The van der Waals surface area contributed by atoms with Crippen LogP contribution in [0.25, 0.3) is 0 Å². The lowest BCUT2D eigenvalue weighted by atomic mass is 9.86. The summed E-state index contributed by atoms with van der Waals surface area (Å²) in [5.74, 6) is -3.24. The van der Waals surface area contributed by atoms with E-state index in [1.54, 1.807) is 0 Å². The predicted octanol–water partition coefficient (Wildman–Crippen LogP) is 1.30. The number of β-lactam (4-membered cyclic amide) rings is 1. The van der Waals surface area contributed by atoms with Crippen LogP contribution in [0.2, 0.25) is 0 Å². The second-order valence-corrected chi connectivity index (χ2v) is 7.55. The van der Waals surface area contributed by atoms with Gasteiger partial charge in [0.1, 0.15) is 6.04 Å². The van der Waals surface area contributed by atoms with Crippen molar-refractivity contribution in [3.8, 4) is 0 Å². The van der Waals surface area contributed by atoms with Crippen molar-refractivity contribution in [3.05, 3.63) is 11.5 Å². The highest BCUT2D eigenvalue weighted by atomic mass is 32.2. The van der Waals surface area contributed by atoms with E-state index in [9.17, 15) is 36.3 Å². The maximum Gasteiger partial charge on any atom is 0.534 e. The van der Waals surface area contributed by atoms with Gasteiger partial charge in [-0.25, -0.2) is 4.79 Å². The zero-order chi connectivity index (χ0) is 19.7. The predicted molar refractivity (Wildman–Crippen MR) is 81.9 cm³/mol. The van der Waals surface area contributed by atoms with Crippen LogP contribution in [0.3, 0.4) is 0 Å². The Labute approximate surface area is 148 Å². The van der Waals surface area contributed by atoms with Gasteiger partial charge in [0, 0.05) is 6.42 Å². The number of alkyl halides is 3. The molecule has 2 heterocycles. The number of halogens is 3. The molecule has 12 heteroatoms. The third-order valence-electron chi connectivity index (χ3n) is 4.23. The van der Waals surface area contributed by atoms with E-state index in [1.807, 2.05) is 6.92 Å². The summed E-state index contributed by atoms with van der Waals surface area (Å²) in [5.41, 5.74) is -6.55. The maximum atomic E-state index is 12.5. The number of carbonyl (C=O) groups excluding carboxylic acids is 1. The topological polar surface area (TPSA) is 113 Å². The van der Waals surface area contributed by atoms with Crippen LogP contribution in [0.1, 0.15) is 39.0 Å². The summed E-state index contributed by atoms with van der Waals surface area (Å²) in [6.07, 6.45) is 2.52. The molecule has 0 aliphatic carbocycles. The average molecular weight is 400 g/mol. The molecule has 2 aliphatic rings. The molecule has 0 unspecified atom stereocenters. The number of allylic oxidation sites excluding steroid dienone is 1. The van der Waals surface area contributed by atoms with Crippen molar-refractivity contribution < 1.29 is 40.5 Å². The van der Waals surface area contributed by atoms with Gasteiger partial charge >= 0.3 is 21.6 Å². The summed E-state index contributed by atoms with van der Waals surface area (Å²) in [6, 6.07) is -1.20. The van der Waals surface area contributed by atoms with Gasteiger partial charge in [0.05, 0.1) is 6.04 Å². The van der Waals surface area contributed by atoms with E-state index in [-0.39, 0.29) is 12.8 Å². The van der Waals surface area contributed by atoms with E-state index >= 15 is 0 Å². The molecule has 0 bridgehead atoms. The lowest BCUT2D eigenvalue weighted by molar-refractivity contribution is -0.155. The number of nitrogens with one attached hydrogen (secondary N) is 1. The van der Waals surface area contributed by atoms with Crippen LogP contribution < -0.4 is 5.32 Å². The number of nitrogens with zero attached hydrogens (tertiary/aromatic N) is 1. The fourth-order valence-electron chi connectivity index (χ4n) is 2.99. The molecule has 0 spiro atoms. The monoisotopic (exact) mass is 400 g/mol. The second-order valence-electron chi connectivity index (χ2n) is 6.01. The van der Waals surface area contributed by atoms with E-state index in [2.05, 4.69) is 9.50 Å². The minimum atomic E-state index is -6.01. The number of carboxylic acids is 1. The first kappa shape index (κ1) is 20.5. The van der Waals surface area contributed by atoms with Gasteiger partial charge in [-0.15, -0.1) is 0 Å². The van der Waals surface area contributed by atoms with Crippen LogP contribution in [0.5, 0.6) is 0 Å². The maximum absolute atomic E-state index is 12.5. The van der Waals surface area contributed by atoms with E-state index < -0.39 is 51.0 Å². The molecule has 1 saturated heterocycles. The van der Waals surface area contributed by atoms with E-state index in [4.69, 9.17) is 0 Å². The molecule has 2 atom stereocenters. The Morgan fingerprint density at radius 1 is 1.38 bits per heavy atom. The van der Waals surface area contributed by atoms with Crippen LogP contribution in [0, 0.1) is 0 Å². The standard InChI is InChI=1S/C14H19F3N2O6S/c1-2-3-4-7-18-10-8-5-6-9(25-26(23,24)14(15,16)17)11(13(21)22)19(8)12(10)20/h8,10,18H,2-7H2,1H3,(H,21,22)/t8-,10-/m0/s1. The molecular formula is C14H19F3N2O6S. The molecule has 0 aromatic carbocycles. The zero-order valence-electron chi connectivity index (χ0n) is 13.9. The molecule has 0 aromatic rings. The highest BCUT2D eigenvalue weighted by Gasteiger charge is 2.55. The van der Waals surface area contributed by atoms with Gasteiger partial charge in [-0.1, -0.05) is 19.8 Å². The van der Waals surface area contributed by atoms with Crippen LogP contribution in [0.15, 0.2) is 11.5 Å². The Morgan fingerprint density at radius 2 is 2.04 bits per heavy atom. The molecule has 1 fully saturated rings. The number of fused-ring (bicyclic) bond motifs is 1. The van der Waals surface area contributed by atoms with E-state index in [0.717, 1.165) is 24.2 Å². The van der Waals surface area contributed by atoms with Gasteiger partial charge in [-0.2, -0.15) is 21.6 Å². The molecule has 8 nitrogen and oxygen atoms in total. The third kappa shape index (κ3) is 3.80. The summed E-state index contributed by atoms with van der Waals surface area (Å²) >= 11 is 0. The van der Waals surface area contributed by atoms with Crippen molar-refractivity contribution in [2.45, 2.75) is 56.6 Å². The van der Waals surface area contributed by atoms with Crippen molar-refractivity contribution >= 4 is 22.0 Å². The van der Waals surface area contributed by atoms with Gasteiger partial charge in [-0.3, -0.25) is 9.69 Å². The molecular weight excluding hydrogens is 381 g/mol. The van der Waals surface area contributed by atoms with Crippen LogP contribution in [-0.2, 0) is 23.9 Å². The molecule has 1 amide bonds. The molecule has 26 heavy (non-hydrogen) atoms. The lowest BCUT2D eigenvalue weighted by Gasteiger charge is -2.49. The quantitative estimate of drug-likeness (QED) is 0.273. The summed E-state index contributed by atoms with van der Waals surface area (Å²) in [7, 11) is -6.01. The Kier molecular flexibility index (Phi) is 5.85. The van der Waals surface area contributed by atoms with Crippen molar-refractivity contribution in [2.24, 2.45) is 0 Å². The molecule has 0 radical (unpaired) electrons. The summed E-state index contributed by atoms with van der Waals surface area (Å²) in [6.45, 7) is 2.56. The fraction of sp³-hybridized carbons (Fsp3) is 0.714. The van der Waals surface area contributed by atoms with E-state index in [1.165, 1.54) is 0 Å². The summed E-state index contributed by atoms with van der Waals surface area (Å²) in [5, 5.41) is 12.3. The van der Waals surface area contributed by atoms with Gasteiger partial charge in [0.2, 0.25) is 5.91 Å². The van der Waals surface area contributed by atoms with Crippen LogP contribution >= 0.6 is 0 Å². The number of amides is 1. The van der Waals surface area contributed by atoms with Gasteiger partial charge < -0.3 is 14.6 Å². The third-order valence-corrected chi connectivity index (χ3v) is 5.22. The molecule has 2 aliphatic heterocycles. The van der Waals surface area contributed by atoms with Crippen LogP contribution in [0.4, 0.5) is 13.2 Å². The van der Waals surface area contributed by atoms with Crippen molar-refractivity contribution in [3.63, 3.8) is 0 Å². The number of unbranched alkanes of at least 4 members (excludes halogenated alkanes) is 2. The van der Waals surface area contributed by atoms with Gasteiger partial charge in [0.15, 0.2) is 11.5 Å². The first-order chi connectivity index (χ1) is 12.0. The number of aliphatic carboxylic acids is 1. The number of carboxylic acid groups (broad SMARTS) is 1. The molecule has 0 saturated carbocycles. The van der Waals surface area contributed by atoms with Crippen molar-refractivity contribution in [1.82, 2.24) is 10.2 Å². The molecule has 148 valence electrons. The normalized spacial score (nSPS) is 23.5. The lowest BCUT2D eigenvalue weighted by Crippen LogP contribution is -2.71. The summed E-state index contributed by atoms with van der Waals surface area (Å²) < 4.78 is 63.7. The van der Waals surface area contributed by atoms with Crippen molar-refractivity contribution in [2.75, 3.05) is 6.54 Å². The van der Waals surface area contributed by atoms with E-state index in [0.29, 0.717) is 6.54 Å². The highest BCUT2D eigenvalue weighted by molar-refractivity contribution is 7.87. The summed E-state index contributed by atoms with van der Waals surface area (Å²) in [4.78, 5) is 24.4. The number of rotatable bonds is 8. The van der Waals surface area contributed by atoms with Crippen molar-refractivity contribution in [1.29, 1.82) is 0 Å². The zero-order valence-corrected chi connectivity index (χ0v) is 14.7. The Morgan fingerprint density at radius 3 is 2.58 bits per heavy atom. The number of hydrogen-bond acceptors (Lipinski definition) is 6. The Bertz CT molecular complexity index is 719. The number of carbonyl (C=O) groups is 2. The molecule has 2 rings (SSSR count). The smallest absolute Gasteiger partial charge is 0.476 e.